The third-order valence-corrected chi connectivity index (χ3v) is 13.1. The van der Waals surface area contributed by atoms with E-state index in [1.807, 2.05) is 37.3 Å². The van der Waals surface area contributed by atoms with Crippen LogP contribution in [-0.4, -0.2) is 67.3 Å². The smallest absolute Gasteiger partial charge is 0.345 e. The van der Waals surface area contributed by atoms with Gasteiger partial charge in [0, 0.05) is 6.54 Å². The molecule has 8 nitrogen and oxygen atoms in total. The average Bonchev–Trinajstić information content (AvgIpc) is 3.54. The van der Waals surface area contributed by atoms with Crippen LogP contribution in [0.25, 0.3) is 0 Å². The molecule has 198 valence electrons. The zero-order valence-electron chi connectivity index (χ0n) is 22.5. The standard InChI is InChI=1S/C27H41N3O5Si/c1-7-22(35-36(5,6)26(2,3)4)21(31)16-28-24(32)20-15-27(13-14-27)23-17-29(20)25(33)30(23)34-18-19-11-9-8-10-12-19/h8-12,20,22-23H,7,13-18H2,1-6H3,(H,28,32)/t20-,22?,23-/m0/s1. The summed E-state index contributed by atoms with van der Waals surface area (Å²) in [6.45, 7) is 13.3. The van der Waals surface area contributed by atoms with Crippen molar-refractivity contribution in [3.63, 3.8) is 0 Å². The first-order valence-corrected chi connectivity index (χ1v) is 16.0. The molecule has 3 fully saturated rings. The number of hydrogen-bond donors (Lipinski definition) is 1. The summed E-state index contributed by atoms with van der Waals surface area (Å²) in [5.74, 6) is -0.389. The van der Waals surface area contributed by atoms with Gasteiger partial charge in [-0.05, 0) is 54.8 Å². The molecule has 36 heavy (non-hydrogen) atoms. The molecule has 1 aliphatic carbocycles. The summed E-state index contributed by atoms with van der Waals surface area (Å²) in [6.07, 6.45) is 2.59. The Morgan fingerprint density at radius 2 is 1.86 bits per heavy atom. The Morgan fingerprint density at radius 1 is 1.19 bits per heavy atom. The Morgan fingerprint density at radius 3 is 2.44 bits per heavy atom. The Labute approximate surface area is 215 Å². The van der Waals surface area contributed by atoms with Gasteiger partial charge < -0.3 is 14.6 Å². The monoisotopic (exact) mass is 515 g/mol. The fraction of sp³-hybridized carbons (Fsp3) is 0.667. The maximum atomic E-state index is 13.2. The summed E-state index contributed by atoms with van der Waals surface area (Å²) >= 11 is 0. The number of ketones is 1. The molecule has 3 amide bonds. The van der Waals surface area contributed by atoms with E-state index in [4.69, 9.17) is 9.26 Å². The molecule has 2 bridgehead atoms. The van der Waals surface area contributed by atoms with Crippen LogP contribution in [0.5, 0.6) is 0 Å². The number of piperidine rings is 1. The molecule has 0 aromatic heterocycles. The van der Waals surface area contributed by atoms with Crippen LogP contribution in [0.3, 0.4) is 0 Å². The van der Waals surface area contributed by atoms with Gasteiger partial charge >= 0.3 is 6.03 Å². The topological polar surface area (TPSA) is 88.2 Å². The predicted molar refractivity (Wildman–Crippen MR) is 139 cm³/mol. The molecule has 3 atom stereocenters. The van der Waals surface area contributed by atoms with E-state index in [0.29, 0.717) is 26.0 Å². The van der Waals surface area contributed by atoms with Crippen LogP contribution in [0, 0.1) is 5.41 Å². The van der Waals surface area contributed by atoms with Crippen molar-refractivity contribution in [2.24, 2.45) is 5.41 Å². The number of fused-ring (bicyclic) bond motifs is 3. The highest BCUT2D eigenvalue weighted by atomic mass is 28.4. The zero-order valence-corrected chi connectivity index (χ0v) is 23.5. The molecule has 1 unspecified atom stereocenters. The van der Waals surface area contributed by atoms with E-state index in [-0.39, 0.29) is 40.8 Å². The lowest BCUT2D eigenvalue weighted by Gasteiger charge is -2.38. The maximum Gasteiger partial charge on any atom is 0.345 e. The minimum absolute atomic E-state index is 0.00819. The van der Waals surface area contributed by atoms with Crippen molar-refractivity contribution in [1.29, 1.82) is 0 Å². The highest BCUT2D eigenvalue weighted by molar-refractivity contribution is 6.74. The summed E-state index contributed by atoms with van der Waals surface area (Å²) in [6, 6.07) is 8.86. The molecule has 2 saturated heterocycles. The molecular weight excluding hydrogens is 474 g/mol. The number of nitrogens with one attached hydrogen (secondary N) is 1. The van der Waals surface area contributed by atoms with Gasteiger partial charge in [-0.1, -0.05) is 58.0 Å². The van der Waals surface area contributed by atoms with Gasteiger partial charge in [-0.2, -0.15) is 5.06 Å². The Bertz CT molecular complexity index is 989. The maximum absolute atomic E-state index is 13.2. The fourth-order valence-corrected chi connectivity index (χ4v) is 6.41. The Kier molecular flexibility index (Phi) is 7.38. The number of nitrogens with zero attached hydrogens (tertiary/aromatic N) is 2. The van der Waals surface area contributed by atoms with Crippen LogP contribution in [0.15, 0.2) is 30.3 Å². The summed E-state index contributed by atoms with van der Waals surface area (Å²) in [4.78, 5) is 47.1. The minimum atomic E-state index is -2.12. The number of urea groups is 1. The largest absolute Gasteiger partial charge is 0.407 e. The molecule has 4 rings (SSSR count). The number of carbonyl (C=O) groups excluding carboxylic acids is 3. The first kappa shape index (κ1) is 26.8. The molecule has 1 spiro atoms. The molecule has 1 aromatic rings. The summed E-state index contributed by atoms with van der Waals surface area (Å²) in [5.41, 5.74) is 0.910. The normalized spacial score (nSPS) is 23.7. The number of Topliss-reactive ketones (excluding diaryl/α,β-unsaturated/α-hetero) is 1. The van der Waals surface area contributed by atoms with Gasteiger partial charge in [-0.25, -0.2) is 4.79 Å². The van der Waals surface area contributed by atoms with Crippen LogP contribution in [0.2, 0.25) is 18.1 Å². The fourth-order valence-electron chi connectivity index (χ4n) is 5.04. The van der Waals surface area contributed by atoms with Gasteiger partial charge in [0.05, 0.1) is 12.6 Å². The molecule has 3 aliphatic rings. The highest BCUT2D eigenvalue weighted by Gasteiger charge is 2.64. The SMILES string of the molecule is CCC(O[Si](C)(C)C(C)(C)C)C(=O)CNC(=O)[C@@H]1CC2(CC2)[C@@H]2CN1C(=O)N2OCc1ccccc1. The summed E-state index contributed by atoms with van der Waals surface area (Å²) in [5, 5.41) is 4.32. The first-order chi connectivity index (χ1) is 16.9. The third kappa shape index (κ3) is 5.24. The number of hydroxylamine groups is 2. The lowest BCUT2D eigenvalue weighted by atomic mass is 9.85. The van der Waals surface area contributed by atoms with Crippen molar-refractivity contribution in [3.8, 4) is 0 Å². The summed E-state index contributed by atoms with van der Waals surface area (Å²) in [7, 11) is -2.12. The third-order valence-electron chi connectivity index (χ3n) is 8.59. The highest BCUT2D eigenvalue weighted by Crippen LogP contribution is 2.59. The molecule has 0 radical (unpaired) electrons. The molecule has 1 N–H and O–H groups in total. The zero-order chi connectivity index (χ0) is 26.3. The second-order valence-electron chi connectivity index (χ2n) is 12.1. The van der Waals surface area contributed by atoms with Crippen LogP contribution in [-0.2, 0) is 25.5 Å². The van der Waals surface area contributed by atoms with Crippen LogP contribution in [0.1, 0.15) is 58.9 Å². The number of carbonyl (C=O) groups is 3. The van der Waals surface area contributed by atoms with E-state index in [9.17, 15) is 14.4 Å². The van der Waals surface area contributed by atoms with E-state index < -0.39 is 20.5 Å². The van der Waals surface area contributed by atoms with Gasteiger partial charge in [-0.3, -0.25) is 14.4 Å². The minimum Gasteiger partial charge on any atom is -0.407 e. The van der Waals surface area contributed by atoms with Crippen molar-refractivity contribution in [1.82, 2.24) is 15.3 Å². The second kappa shape index (κ2) is 9.91. The van der Waals surface area contributed by atoms with Crippen LogP contribution in [0.4, 0.5) is 4.79 Å². The van der Waals surface area contributed by atoms with Crippen molar-refractivity contribution < 1.29 is 23.6 Å². The van der Waals surface area contributed by atoms with E-state index in [1.54, 1.807) is 4.90 Å². The van der Waals surface area contributed by atoms with Crippen molar-refractivity contribution in [3.05, 3.63) is 35.9 Å². The number of amides is 3. The Hall–Kier alpha value is -2.23. The second-order valence-corrected chi connectivity index (χ2v) is 16.8. The molecular formula is C27H41N3O5Si. The van der Waals surface area contributed by atoms with Gasteiger partial charge in [0.15, 0.2) is 14.1 Å². The number of hydrogen-bond acceptors (Lipinski definition) is 5. The van der Waals surface area contributed by atoms with Gasteiger partial charge in [-0.15, -0.1) is 0 Å². The van der Waals surface area contributed by atoms with Crippen molar-refractivity contribution in [2.75, 3.05) is 13.1 Å². The lowest BCUT2D eigenvalue weighted by molar-refractivity contribution is -0.153. The molecule has 1 aromatic carbocycles. The van der Waals surface area contributed by atoms with Crippen molar-refractivity contribution in [2.45, 2.75) is 96.3 Å². The Balaban J connectivity index is 1.37. The molecule has 2 heterocycles. The van der Waals surface area contributed by atoms with Gasteiger partial charge in [0.1, 0.15) is 18.8 Å². The molecule has 9 heteroatoms. The predicted octanol–water partition coefficient (Wildman–Crippen LogP) is 4.26. The molecule has 2 aliphatic heterocycles. The van der Waals surface area contributed by atoms with E-state index >= 15 is 0 Å². The number of rotatable bonds is 10. The summed E-state index contributed by atoms with van der Waals surface area (Å²) < 4.78 is 6.33. The van der Waals surface area contributed by atoms with Gasteiger partial charge in [0.25, 0.3) is 0 Å². The van der Waals surface area contributed by atoms with Crippen LogP contribution >= 0.6 is 0 Å². The van der Waals surface area contributed by atoms with E-state index in [2.05, 4.69) is 39.2 Å². The number of benzene rings is 1. The average molecular weight is 516 g/mol. The lowest BCUT2D eigenvalue weighted by Crippen LogP contribution is -2.54. The quantitative estimate of drug-likeness (QED) is 0.471. The van der Waals surface area contributed by atoms with E-state index in [0.717, 1.165) is 18.4 Å². The van der Waals surface area contributed by atoms with Crippen LogP contribution < -0.4 is 5.32 Å². The van der Waals surface area contributed by atoms with Crippen molar-refractivity contribution >= 4 is 26.0 Å². The first-order valence-electron chi connectivity index (χ1n) is 13.1. The van der Waals surface area contributed by atoms with E-state index in [1.165, 1.54) is 5.06 Å². The van der Waals surface area contributed by atoms with Gasteiger partial charge in [0.2, 0.25) is 5.91 Å². The molecule has 1 saturated carbocycles.